The number of hydrogen-bond donors (Lipinski definition) is 2. The topological polar surface area (TPSA) is 63.8 Å². The van der Waals surface area contributed by atoms with Crippen LogP contribution in [-0.2, 0) is 0 Å². The summed E-state index contributed by atoms with van der Waals surface area (Å²) in [6.45, 7) is 0.703. The van der Waals surface area contributed by atoms with Gasteiger partial charge in [0.2, 0.25) is 0 Å². The predicted molar refractivity (Wildman–Crippen MR) is 96.8 cm³/mol. The van der Waals surface area contributed by atoms with Gasteiger partial charge >= 0.3 is 5.63 Å². The molecule has 0 saturated heterocycles. The maximum atomic E-state index is 12.7. The van der Waals surface area contributed by atoms with E-state index < -0.39 is 11.5 Å². The van der Waals surface area contributed by atoms with E-state index >= 15 is 0 Å². The molecule has 3 rings (SSSR count). The van der Waals surface area contributed by atoms with Gasteiger partial charge < -0.3 is 14.6 Å². The van der Waals surface area contributed by atoms with E-state index in [1.807, 2.05) is 56.6 Å². The molecule has 1 amide bonds. The molecule has 128 valence electrons. The Morgan fingerprint density at radius 3 is 2.48 bits per heavy atom. The highest BCUT2D eigenvalue weighted by Crippen LogP contribution is 2.15. The van der Waals surface area contributed by atoms with Crippen LogP contribution in [0.3, 0.4) is 0 Å². The van der Waals surface area contributed by atoms with Crippen LogP contribution in [0.15, 0.2) is 69.9 Å². The number of amides is 1. The molecule has 3 aromatic rings. The van der Waals surface area contributed by atoms with Gasteiger partial charge in [-0.1, -0.05) is 48.5 Å². The Balaban J connectivity index is 1.91. The first kappa shape index (κ1) is 16.9. The van der Waals surface area contributed by atoms with Crippen molar-refractivity contribution in [2.75, 3.05) is 20.6 Å². The maximum absolute atomic E-state index is 12.7. The largest absolute Gasteiger partial charge is 0.422 e. The van der Waals surface area contributed by atoms with Crippen molar-refractivity contribution >= 4 is 16.9 Å². The van der Waals surface area contributed by atoms with Crippen molar-refractivity contribution in [2.24, 2.45) is 0 Å². The fourth-order valence-corrected chi connectivity index (χ4v) is 2.80. The van der Waals surface area contributed by atoms with Crippen LogP contribution >= 0.6 is 0 Å². The number of benzene rings is 2. The number of para-hydroxylation sites is 1. The van der Waals surface area contributed by atoms with Gasteiger partial charge in [-0.15, -0.1) is 0 Å². The normalized spacial score (nSPS) is 12.3. The molecule has 1 atom stereocenters. The number of nitrogens with one attached hydrogen (secondary N) is 2. The first-order valence-electron chi connectivity index (χ1n) is 8.22. The Kier molecular flexibility index (Phi) is 4.95. The Morgan fingerprint density at radius 2 is 1.76 bits per heavy atom. The van der Waals surface area contributed by atoms with Crippen molar-refractivity contribution in [1.29, 1.82) is 0 Å². The molecule has 5 nitrogen and oxygen atoms in total. The van der Waals surface area contributed by atoms with Crippen LogP contribution < -0.4 is 15.8 Å². The second-order valence-electron chi connectivity index (χ2n) is 6.33. The quantitative estimate of drug-likeness (QED) is 0.692. The summed E-state index contributed by atoms with van der Waals surface area (Å²) in [5.74, 6) is -0.422. The molecule has 2 aromatic carbocycles. The summed E-state index contributed by atoms with van der Waals surface area (Å²) < 4.78 is 5.26. The fourth-order valence-electron chi connectivity index (χ4n) is 2.80. The standard InChI is InChI=1S/C20H20N2O3/c1-22(2)13-17(14-8-4-3-5-9-14)21-19(23)16-12-15-10-6-7-11-18(15)25-20(16)24/h3-12,17H,13H2,1-2H3,(H,21,23)/p+1/t17-/m1/s1. The summed E-state index contributed by atoms with van der Waals surface area (Å²) in [5.41, 5.74) is 0.872. The summed E-state index contributed by atoms with van der Waals surface area (Å²) >= 11 is 0. The van der Waals surface area contributed by atoms with Gasteiger partial charge in [-0.05, 0) is 17.7 Å². The van der Waals surface area contributed by atoms with E-state index in [2.05, 4.69) is 5.32 Å². The highest BCUT2D eigenvalue weighted by Gasteiger charge is 2.21. The maximum Gasteiger partial charge on any atom is 0.349 e. The lowest BCUT2D eigenvalue weighted by atomic mass is 10.1. The van der Waals surface area contributed by atoms with Crippen molar-refractivity contribution in [3.8, 4) is 0 Å². The van der Waals surface area contributed by atoms with Crippen molar-refractivity contribution in [3.63, 3.8) is 0 Å². The minimum absolute atomic E-state index is 0.0217. The number of carbonyl (C=O) groups excluding carboxylic acids is 1. The lowest BCUT2D eigenvalue weighted by Crippen LogP contribution is -3.06. The van der Waals surface area contributed by atoms with E-state index in [-0.39, 0.29) is 11.6 Å². The first-order valence-corrected chi connectivity index (χ1v) is 8.22. The van der Waals surface area contributed by atoms with Gasteiger partial charge in [0.15, 0.2) is 0 Å². The minimum atomic E-state index is -0.625. The Morgan fingerprint density at radius 1 is 1.08 bits per heavy atom. The number of carbonyl (C=O) groups is 1. The Hall–Kier alpha value is -2.92. The summed E-state index contributed by atoms with van der Waals surface area (Å²) in [7, 11) is 4.04. The summed E-state index contributed by atoms with van der Waals surface area (Å²) in [6, 6.07) is 18.3. The summed E-state index contributed by atoms with van der Waals surface area (Å²) in [6.07, 6.45) is 0. The van der Waals surface area contributed by atoms with E-state index in [1.165, 1.54) is 4.90 Å². The summed E-state index contributed by atoms with van der Waals surface area (Å²) in [5, 5.41) is 3.69. The van der Waals surface area contributed by atoms with Crippen LogP contribution in [0.1, 0.15) is 22.0 Å². The number of quaternary nitrogens is 1. The van der Waals surface area contributed by atoms with E-state index in [0.29, 0.717) is 12.1 Å². The average Bonchev–Trinajstić information content (AvgIpc) is 2.61. The van der Waals surface area contributed by atoms with Gasteiger partial charge in [-0.2, -0.15) is 0 Å². The summed E-state index contributed by atoms with van der Waals surface area (Å²) in [4.78, 5) is 26.1. The molecule has 0 fully saturated rings. The van der Waals surface area contributed by atoms with E-state index in [0.717, 1.165) is 10.9 Å². The van der Waals surface area contributed by atoms with E-state index in [1.54, 1.807) is 18.2 Å². The molecule has 1 aromatic heterocycles. The van der Waals surface area contributed by atoms with Gasteiger partial charge in [-0.3, -0.25) is 4.79 Å². The number of hydrogen-bond acceptors (Lipinski definition) is 3. The van der Waals surface area contributed by atoms with Crippen molar-refractivity contribution in [2.45, 2.75) is 6.04 Å². The minimum Gasteiger partial charge on any atom is -0.422 e. The molecular formula is C20H21N2O3+. The number of rotatable bonds is 5. The number of likely N-dealkylation sites (N-methyl/N-ethyl adjacent to an activating group) is 1. The monoisotopic (exact) mass is 337 g/mol. The second-order valence-corrected chi connectivity index (χ2v) is 6.33. The lowest BCUT2D eigenvalue weighted by Gasteiger charge is -2.20. The van der Waals surface area contributed by atoms with Crippen LogP contribution in [0.5, 0.6) is 0 Å². The van der Waals surface area contributed by atoms with Gasteiger partial charge in [0.1, 0.15) is 23.7 Å². The van der Waals surface area contributed by atoms with E-state index in [4.69, 9.17) is 4.42 Å². The second kappa shape index (κ2) is 7.32. The predicted octanol–water partition coefficient (Wildman–Crippen LogP) is 1.41. The molecule has 1 heterocycles. The zero-order chi connectivity index (χ0) is 17.8. The lowest BCUT2D eigenvalue weighted by molar-refractivity contribution is -0.860. The van der Waals surface area contributed by atoms with Crippen LogP contribution in [0.25, 0.3) is 11.0 Å². The smallest absolute Gasteiger partial charge is 0.349 e. The molecule has 0 aliphatic rings. The first-order chi connectivity index (χ1) is 12.0. The third-order valence-electron chi connectivity index (χ3n) is 4.01. The molecule has 5 heteroatoms. The molecule has 0 bridgehead atoms. The van der Waals surface area contributed by atoms with Gasteiger partial charge in [0.05, 0.1) is 14.1 Å². The van der Waals surface area contributed by atoms with Gasteiger partial charge in [-0.25, -0.2) is 4.79 Å². The molecule has 0 radical (unpaired) electrons. The van der Waals surface area contributed by atoms with Crippen LogP contribution in [0, 0.1) is 0 Å². The SMILES string of the molecule is C[NH+](C)C[C@@H](NC(=O)c1cc2ccccc2oc1=O)c1ccccc1. The molecule has 25 heavy (non-hydrogen) atoms. The van der Waals surface area contributed by atoms with Crippen molar-refractivity contribution in [3.05, 3.63) is 82.2 Å². The van der Waals surface area contributed by atoms with Crippen LogP contribution in [0.2, 0.25) is 0 Å². The van der Waals surface area contributed by atoms with Gasteiger partial charge in [0.25, 0.3) is 5.91 Å². The third kappa shape index (κ3) is 3.95. The fraction of sp³-hybridized carbons (Fsp3) is 0.200. The zero-order valence-corrected chi connectivity index (χ0v) is 14.3. The third-order valence-corrected chi connectivity index (χ3v) is 4.01. The Labute approximate surface area is 145 Å². The van der Waals surface area contributed by atoms with Crippen molar-refractivity contribution in [1.82, 2.24) is 5.32 Å². The molecular weight excluding hydrogens is 316 g/mol. The number of fused-ring (bicyclic) bond motifs is 1. The molecule has 0 aliphatic carbocycles. The molecule has 2 N–H and O–H groups in total. The molecule has 0 aliphatic heterocycles. The zero-order valence-electron chi connectivity index (χ0n) is 14.3. The van der Waals surface area contributed by atoms with Crippen LogP contribution in [-0.4, -0.2) is 26.5 Å². The molecule has 0 saturated carbocycles. The Bertz CT molecular complexity index is 932. The average molecular weight is 337 g/mol. The van der Waals surface area contributed by atoms with Crippen molar-refractivity contribution < 1.29 is 14.1 Å². The molecule has 0 unspecified atom stereocenters. The molecule has 0 spiro atoms. The van der Waals surface area contributed by atoms with Crippen LogP contribution in [0.4, 0.5) is 0 Å². The van der Waals surface area contributed by atoms with E-state index in [9.17, 15) is 9.59 Å². The highest BCUT2D eigenvalue weighted by molar-refractivity contribution is 5.96. The highest BCUT2D eigenvalue weighted by atomic mass is 16.4. The van der Waals surface area contributed by atoms with Gasteiger partial charge in [0, 0.05) is 5.39 Å².